The molecule has 2 rings (SSSR count). The number of benzene rings is 1. The number of carbonyl (C=O) groups is 3. The molecule has 4 amide bonds. The molecule has 6 heteroatoms. The summed E-state index contributed by atoms with van der Waals surface area (Å²) < 4.78 is 0. The van der Waals surface area contributed by atoms with Crippen LogP contribution in [0.1, 0.15) is 39.7 Å². The first-order valence-electron chi connectivity index (χ1n) is 7.70. The van der Waals surface area contributed by atoms with E-state index in [1.807, 2.05) is 45.9 Å². The zero-order chi connectivity index (χ0) is 17.3. The molecule has 6 nitrogen and oxygen atoms in total. The lowest BCUT2D eigenvalue weighted by Gasteiger charge is -2.26. The van der Waals surface area contributed by atoms with Crippen molar-refractivity contribution in [3.8, 4) is 0 Å². The average molecular weight is 317 g/mol. The molecule has 0 unspecified atom stereocenters. The second kappa shape index (κ2) is 6.02. The summed E-state index contributed by atoms with van der Waals surface area (Å²) in [4.78, 5) is 38.1. The number of hydrogen-bond acceptors (Lipinski definition) is 3. The monoisotopic (exact) mass is 317 g/mol. The Morgan fingerprint density at radius 2 is 1.83 bits per heavy atom. The second-order valence-electron chi connectivity index (χ2n) is 6.74. The predicted molar refractivity (Wildman–Crippen MR) is 86.6 cm³/mol. The summed E-state index contributed by atoms with van der Waals surface area (Å²) in [5.41, 5.74) is -0.794. The minimum atomic E-state index is -1.10. The maximum atomic E-state index is 12.8. The first-order chi connectivity index (χ1) is 10.7. The Morgan fingerprint density at radius 3 is 2.35 bits per heavy atom. The van der Waals surface area contributed by atoms with Gasteiger partial charge in [-0.05, 0) is 32.8 Å². The molecule has 0 saturated carbocycles. The fraction of sp³-hybridized carbons (Fsp3) is 0.471. The Morgan fingerprint density at radius 1 is 1.22 bits per heavy atom. The lowest BCUT2D eigenvalue weighted by Crippen LogP contribution is -2.48. The molecule has 23 heavy (non-hydrogen) atoms. The van der Waals surface area contributed by atoms with Crippen LogP contribution in [0.3, 0.4) is 0 Å². The molecule has 0 bridgehead atoms. The molecule has 0 radical (unpaired) electrons. The van der Waals surface area contributed by atoms with E-state index in [0.29, 0.717) is 6.42 Å². The van der Waals surface area contributed by atoms with Gasteiger partial charge in [0.25, 0.3) is 5.91 Å². The van der Waals surface area contributed by atoms with Crippen molar-refractivity contribution in [1.29, 1.82) is 0 Å². The maximum Gasteiger partial charge on any atom is 0.325 e. The minimum absolute atomic E-state index is 0.281. The van der Waals surface area contributed by atoms with E-state index in [1.54, 1.807) is 12.1 Å². The number of amides is 4. The van der Waals surface area contributed by atoms with Crippen molar-refractivity contribution in [3.63, 3.8) is 0 Å². The number of nitrogens with zero attached hydrogens (tertiary/aromatic N) is 1. The van der Waals surface area contributed by atoms with Crippen LogP contribution in [-0.4, -0.2) is 34.8 Å². The van der Waals surface area contributed by atoms with E-state index in [1.165, 1.54) is 0 Å². The van der Waals surface area contributed by atoms with Gasteiger partial charge in [-0.2, -0.15) is 0 Å². The molecule has 1 aromatic rings. The molecular formula is C17H23N3O3. The van der Waals surface area contributed by atoms with Crippen LogP contribution in [0, 0.1) is 0 Å². The van der Waals surface area contributed by atoms with Crippen molar-refractivity contribution >= 4 is 17.8 Å². The van der Waals surface area contributed by atoms with Crippen LogP contribution in [0.4, 0.5) is 4.79 Å². The van der Waals surface area contributed by atoms with Crippen molar-refractivity contribution in [1.82, 2.24) is 15.5 Å². The van der Waals surface area contributed by atoms with Gasteiger partial charge in [-0.25, -0.2) is 4.79 Å². The van der Waals surface area contributed by atoms with Gasteiger partial charge in [-0.3, -0.25) is 14.5 Å². The van der Waals surface area contributed by atoms with Gasteiger partial charge < -0.3 is 10.6 Å². The quantitative estimate of drug-likeness (QED) is 0.831. The Labute approximate surface area is 136 Å². The molecule has 1 atom stereocenters. The van der Waals surface area contributed by atoms with Gasteiger partial charge >= 0.3 is 6.03 Å². The Bertz CT molecular complexity index is 622. The zero-order valence-corrected chi connectivity index (χ0v) is 14.0. The van der Waals surface area contributed by atoms with E-state index in [2.05, 4.69) is 10.6 Å². The molecule has 0 spiro atoms. The van der Waals surface area contributed by atoms with Crippen LogP contribution >= 0.6 is 0 Å². The smallest absolute Gasteiger partial charge is 0.325 e. The third-order valence-electron chi connectivity index (χ3n) is 3.79. The number of urea groups is 1. The van der Waals surface area contributed by atoms with Gasteiger partial charge in [0.1, 0.15) is 12.1 Å². The van der Waals surface area contributed by atoms with Gasteiger partial charge in [-0.15, -0.1) is 0 Å². The van der Waals surface area contributed by atoms with Gasteiger partial charge in [0.2, 0.25) is 5.91 Å². The minimum Gasteiger partial charge on any atom is -0.350 e. The highest BCUT2D eigenvalue weighted by Gasteiger charge is 2.51. The zero-order valence-electron chi connectivity index (χ0n) is 14.0. The van der Waals surface area contributed by atoms with Crippen molar-refractivity contribution < 1.29 is 14.4 Å². The lowest BCUT2D eigenvalue weighted by molar-refractivity contribution is -0.135. The summed E-state index contributed by atoms with van der Waals surface area (Å²) in [6.07, 6.45) is 0.416. The molecule has 1 saturated heterocycles. The van der Waals surface area contributed by atoms with Crippen molar-refractivity contribution in [2.75, 3.05) is 6.54 Å². The van der Waals surface area contributed by atoms with E-state index in [0.717, 1.165) is 10.5 Å². The number of hydrogen-bond donors (Lipinski definition) is 2. The third-order valence-corrected chi connectivity index (χ3v) is 3.79. The molecule has 0 aliphatic carbocycles. The molecule has 1 fully saturated rings. The maximum absolute atomic E-state index is 12.8. The average Bonchev–Trinajstić information content (AvgIpc) is 2.71. The topological polar surface area (TPSA) is 78.5 Å². The summed E-state index contributed by atoms with van der Waals surface area (Å²) >= 11 is 0. The van der Waals surface area contributed by atoms with Gasteiger partial charge in [0, 0.05) is 5.54 Å². The highest BCUT2D eigenvalue weighted by Crippen LogP contribution is 2.32. The van der Waals surface area contributed by atoms with Crippen LogP contribution in [0.5, 0.6) is 0 Å². The predicted octanol–water partition coefficient (Wildman–Crippen LogP) is 1.76. The summed E-state index contributed by atoms with van der Waals surface area (Å²) in [6.45, 7) is 7.09. The van der Waals surface area contributed by atoms with Crippen molar-refractivity contribution in [3.05, 3.63) is 35.9 Å². The van der Waals surface area contributed by atoms with E-state index in [9.17, 15) is 14.4 Å². The molecular weight excluding hydrogens is 294 g/mol. The standard InChI is InChI=1S/C17H23N3O3/c1-5-17(12-9-7-6-8-10-12)14(22)20(15(23)19-17)11-13(21)18-16(2,3)4/h6-10H,5,11H2,1-4H3,(H,18,21)(H,19,23)/t17-/m0/s1. The number of rotatable bonds is 4. The van der Waals surface area contributed by atoms with Crippen molar-refractivity contribution in [2.24, 2.45) is 0 Å². The molecule has 1 aromatic carbocycles. The Hall–Kier alpha value is -2.37. The van der Waals surface area contributed by atoms with Crippen LogP contribution < -0.4 is 10.6 Å². The van der Waals surface area contributed by atoms with E-state index in [-0.39, 0.29) is 18.4 Å². The van der Waals surface area contributed by atoms with E-state index >= 15 is 0 Å². The summed E-state index contributed by atoms with van der Waals surface area (Å²) in [6, 6.07) is 8.57. The first-order valence-corrected chi connectivity index (χ1v) is 7.70. The van der Waals surface area contributed by atoms with Gasteiger partial charge in [0.05, 0.1) is 0 Å². The second-order valence-corrected chi connectivity index (χ2v) is 6.74. The number of carbonyl (C=O) groups excluding carboxylic acids is 3. The fourth-order valence-corrected chi connectivity index (χ4v) is 2.73. The van der Waals surface area contributed by atoms with Crippen LogP contribution in [0.2, 0.25) is 0 Å². The fourth-order valence-electron chi connectivity index (χ4n) is 2.73. The largest absolute Gasteiger partial charge is 0.350 e. The number of imide groups is 1. The molecule has 1 heterocycles. The van der Waals surface area contributed by atoms with E-state index in [4.69, 9.17) is 0 Å². The SMILES string of the molecule is CC[C@@]1(c2ccccc2)NC(=O)N(CC(=O)NC(C)(C)C)C1=O. The Kier molecular flexibility index (Phi) is 4.45. The first kappa shape index (κ1) is 17.0. The van der Waals surface area contributed by atoms with Crippen LogP contribution in [-0.2, 0) is 15.1 Å². The Balaban J connectivity index is 2.24. The highest BCUT2D eigenvalue weighted by atomic mass is 16.2. The third kappa shape index (κ3) is 3.36. The van der Waals surface area contributed by atoms with Gasteiger partial charge in [-0.1, -0.05) is 37.3 Å². The normalized spacial score (nSPS) is 21.3. The van der Waals surface area contributed by atoms with Crippen LogP contribution in [0.25, 0.3) is 0 Å². The summed E-state index contributed by atoms with van der Waals surface area (Å²) in [7, 11) is 0. The van der Waals surface area contributed by atoms with Crippen molar-refractivity contribution in [2.45, 2.75) is 45.2 Å². The summed E-state index contributed by atoms with van der Waals surface area (Å²) in [5.74, 6) is -0.749. The lowest BCUT2D eigenvalue weighted by atomic mass is 9.87. The van der Waals surface area contributed by atoms with E-state index < -0.39 is 17.1 Å². The molecule has 1 aliphatic heterocycles. The molecule has 0 aromatic heterocycles. The molecule has 1 aliphatic rings. The van der Waals surface area contributed by atoms with Crippen LogP contribution in [0.15, 0.2) is 30.3 Å². The number of nitrogens with one attached hydrogen (secondary N) is 2. The summed E-state index contributed by atoms with van der Waals surface area (Å²) in [5, 5.41) is 5.52. The molecule has 124 valence electrons. The van der Waals surface area contributed by atoms with Gasteiger partial charge in [0.15, 0.2) is 0 Å². The highest BCUT2D eigenvalue weighted by molar-refractivity contribution is 6.09. The molecule has 2 N–H and O–H groups in total.